The number of hydrogen-bond acceptors (Lipinski definition) is 3. The molecule has 2 N–H and O–H groups in total. The van der Waals surface area contributed by atoms with Gasteiger partial charge < -0.3 is 10.4 Å². The van der Waals surface area contributed by atoms with Crippen LogP contribution in [0, 0.1) is 0 Å². The van der Waals surface area contributed by atoms with Crippen molar-refractivity contribution in [2.75, 3.05) is 13.6 Å². The molecule has 2 atom stereocenters. The quantitative estimate of drug-likeness (QED) is 0.654. The number of nitrogens with zero attached hydrogens (tertiary/aromatic N) is 1. The number of rotatable bonds is 3. The third-order valence-corrected chi connectivity index (χ3v) is 2.42. The minimum Gasteiger partial charge on any atom is -0.481 e. The average Bonchev–Trinajstić information content (AvgIpc) is 2.01. The second-order valence-corrected chi connectivity index (χ2v) is 3.80. The topological polar surface area (TPSA) is 69.6 Å². The number of piperazine rings is 1. The van der Waals surface area contributed by atoms with Crippen molar-refractivity contribution in [2.24, 2.45) is 0 Å². The molecule has 0 bridgehead atoms. The normalized spacial score (nSPS) is 28.6. The predicted molar refractivity (Wildman–Crippen MR) is 50.9 cm³/mol. The molecule has 1 aliphatic rings. The SMILES string of the molecule is CC1CN(C)C(CCC(=O)O)C(=O)N1. The van der Waals surface area contributed by atoms with Crippen LogP contribution < -0.4 is 5.32 Å². The van der Waals surface area contributed by atoms with Gasteiger partial charge in [0.15, 0.2) is 0 Å². The molecule has 0 radical (unpaired) electrons. The Labute approximate surface area is 83.1 Å². The van der Waals surface area contributed by atoms with Crippen molar-refractivity contribution in [3.63, 3.8) is 0 Å². The van der Waals surface area contributed by atoms with Gasteiger partial charge in [-0.15, -0.1) is 0 Å². The largest absolute Gasteiger partial charge is 0.481 e. The number of aliphatic carboxylic acids is 1. The number of carbonyl (C=O) groups excluding carboxylic acids is 1. The molecule has 0 spiro atoms. The molecule has 0 aromatic rings. The fourth-order valence-corrected chi connectivity index (χ4v) is 1.76. The first-order valence-corrected chi connectivity index (χ1v) is 4.73. The van der Waals surface area contributed by atoms with Gasteiger partial charge in [-0.3, -0.25) is 14.5 Å². The Morgan fingerprint density at radius 1 is 1.71 bits per heavy atom. The van der Waals surface area contributed by atoms with Crippen molar-refractivity contribution >= 4 is 11.9 Å². The molecule has 0 aromatic carbocycles. The number of carboxylic acid groups (broad SMARTS) is 1. The van der Waals surface area contributed by atoms with Gasteiger partial charge in [-0.2, -0.15) is 0 Å². The molecule has 1 amide bonds. The van der Waals surface area contributed by atoms with E-state index in [-0.39, 0.29) is 24.4 Å². The average molecular weight is 200 g/mol. The summed E-state index contributed by atoms with van der Waals surface area (Å²) in [6, 6.07) is -0.143. The monoisotopic (exact) mass is 200 g/mol. The number of carboxylic acids is 1. The van der Waals surface area contributed by atoms with Crippen LogP contribution in [0.15, 0.2) is 0 Å². The zero-order chi connectivity index (χ0) is 10.7. The van der Waals surface area contributed by atoms with E-state index in [1.807, 2.05) is 18.9 Å². The minimum atomic E-state index is -0.857. The Kier molecular flexibility index (Phi) is 3.46. The van der Waals surface area contributed by atoms with Crippen LogP contribution in [0.1, 0.15) is 19.8 Å². The van der Waals surface area contributed by atoms with Crippen molar-refractivity contribution in [1.82, 2.24) is 10.2 Å². The van der Waals surface area contributed by atoms with Crippen molar-refractivity contribution in [2.45, 2.75) is 31.8 Å². The van der Waals surface area contributed by atoms with Crippen LogP contribution in [0.4, 0.5) is 0 Å². The molecule has 1 heterocycles. The van der Waals surface area contributed by atoms with E-state index in [0.29, 0.717) is 6.42 Å². The summed E-state index contributed by atoms with van der Waals surface area (Å²) in [5, 5.41) is 11.3. The van der Waals surface area contributed by atoms with Crippen LogP contribution in [-0.4, -0.2) is 47.6 Å². The van der Waals surface area contributed by atoms with Gasteiger partial charge in [-0.25, -0.2) is 0 Å². The van der Waals surface area contributed by atoms with E-state index in [9.17, 15) is 9.59 Å². The van der Waals surface area contributed by atoms with Gasteiger partial charge >= 0.3 is 5.97 Å². The first-order chi connectivity index (χ1) is 6.50. The summed E-state index contributed by atoms with van der Waals surface area (Å²) >= 11 is 0. The molecular formula is C9H16N2O3. The van der Waals surface area contributed by atoms with E-state index in [1.54, 1.807) is 0 Å². The van der Waals surface area contributed by atoms with Crippen LogP contribution in [0.5, 0.6) is 0 Å². The predicted octanol–water partition coefficient (Wildman–Crippen LogP) is -0.330. The Hall–Kier alpha value is -1.10. The lowest BCUT2D eigenvalue weighted by molar-refractivity contribution is -0.138. The van der Waals surface area contributed by atoms with Crippen molar-refractivity contribution in [3.05, 3.63) is 0 Å². The zero-order valence-electron chi connectivity index (χ0n) is 8.49. The maximum atomic E-state index is 11.5. The van der Waals surface area contributed by atoms with E-state index in [0.717, 1.165) is 6.54 Å². The molecule has 1 fully saturated rings. The van der Waals surface area contributed by atoms with E-state index in [2.05, 4.69) is 5.32 Å². The third-order valence-electron chi connectivity index (χ3n) is 2.42. The molecule has 80 valence electrons. The summed E-state index contributed by atoms with van der Waals surface area (Å²) < 4.78 is 0. The Balaban J connectivity index is 2.50. The Morgan fingerprint density at radius 2 is 2.36 bits per heavy atom. The Bertz CT molecular complexity index is 242. The van der Waals surface area contributed by atoms with Crippen molar-refractivity contribution in [1.29, 1.82) is 0 Å². The lowest BCUT2D eigenvalue weighted by atomic mass is 10.1. The first kappa shape index (κ1) is 11.0. The van der Waals surface area contributed by atoms with Gasteiger partial charge in [0.05, 0.1) is 6.04 Å². The maximum Gasteiger partial charge on any atom is 0.303 e. The fourth-order valence-electron chi connectivity index (χ4n) is 1.76. The van der Waals surface area contributed by atoms with Crippen LogP contribution in [0.3, 0.4) is 0 Å². The molecule has 1 saturated heterocycles. The van der Waals surface area contributed by atoms with Gasteiger partial charge in [0, 0.05) is 19.0 Å². The molecular weight excluding hydrogens is 184 g/mol. The smallest absolute Gasteiger partial charge is 0.303 e. The Morgan fingerprint density at radius 3 is 2.86 bits per heavy atom. The minimum absolute atomic E-state index is 0.0385. The lowest BCUT2D eigenvalue weighted by Crippen LogP contribution is -2.57. The van der Waals surface area contributed by atoms with Gasteiger partial charge in [-0.05, 0) is 20.4 Å². The molecule has 0 aromatic heterocycles. The highest BCUT2D eigenvalue weighted by Gasteiger charge is 2.30. The second kappa shape index (κ2) is 4.41. The molecule has 5 heteroatoms. The van der Waals surface area contributed by atoms with E-state index in [1.165, 1.54) is 0 Å². The van der Waals surface area contributed by atoms with Crippen LogP contribution in [-0.2, 0) is 9.59 Å². The summed E-state index contributed by atoms with van der Waals surface area (Å²) in [6.07, 6.45) is 0.418. The van der Waals surface area contributed by atoms with E-state index < -0.39 is 5.97 Å². The summed E-state index contributed by atoms with van der Waals surface area (Å²) in [7, 11) is 1.85. The highest BCUT2D eigenvalue weighted by atomic mass is 16.4. The van der Waals surface area contributed by atoms with Gasteiger partial charge in [0.25, 0.3) is 0 Å². The highest BCUT2D eigenvalue weighted by molar-refractivity contribution is 5.83. The maximum absolute atomic E-state index is 11.5. The van der Waals surface area contributed by atoms with Crippen LogP contribution in [0.25, 0.3) is 0 Å². The summed E-state index contributed by atoms with van der Waals surface area (Å²) in [5.74, 6) is -0.919. The van der Waals surface area contributed by atoms with Gasteiger partial charge in [0.1, 0.15) is 0 Å². The summed E-state index contributed by atoms with van der Waals surface area (Å²) in [4.78, 5) is 23.8. The molecule has 0 aliphatic carbocycles. The van der Waals surface area contributed by atoms with E-state index >= 15 is 0 Å². The third kappa shape index (κ3) is 2.70. The molecule has 14 heavy (non-hydrogen) atoms. The number of amides is 1. The molecule has 0 saturated carbocycles. The molecule has 1 aliphatic heterocycles. The zero-order valence-corrected chi connectivity index (χ0v) is 8.49. The fraction of sp³-hybridized carbons (Fsp3) is 0.778. The lowest BCUT2D eigenvalue weighted by Gasteiger charge is -2.35. The van der Waals surface area contributed by atoms with Crippen molar-refractivity contribution < 1.29 is 14.7 Å². The molecule has 2 unspecified atom stereocenters. The number of carbonyl (C=O) groups is 2. The summed E-state index contributed by atoms with van der Waals surface area (Å²) in [5.41, 5.74) is 0. The summed E-state index contributed by atoms with van der Waals surface area (Å²) in [6.45, 7) is 2.71. The second-order valence-electron chi connectivity index (χ2n) is 3.80. The van der Waals surface area contributed by atoms with Crippen LogP contribution >= 0.6 is 0 Å². The molecule has 5 nitrogen and oxygen atoms in total. The van der Waals surface area contributed by atoms with E-state index in [4.69, 9.17) is 5.11 Å². The first-order valence-electron chi connectivity index (χ1n) is 4.73. The van der Waals surface area contributed by atoms with Crippen LogP contribution in [0.2, 0.25) is 0 Å². The number of hydrogen-bond donors (Lipinski definition) is 2. The van der Waals surface area contributed by atoms with Crippen molar-refractivity contribution in [3.8, 4) is 0 Å². The standard InChI is InChI=1S/C9H16N2O3/c1-6-5-11(2)7(9(14)10-6)3-4-8(12)13/h6-7H,3-5H2,1-2H3,(H,10,14)(H,12,13). The van der Waals surface area contributed by atoms with Gasteiger partial charge in [-0.1, -0.05) is 0 Å². The van der Waals surface area contributed by atoms with Gasteiger partial charge in [0.2, 0.25) is 5.91 Å². The highest BCUT2D eigenvalue weighted by Crippen LogP contribution is 2.11. The number of nitrogens with one attached hydrogen (secondary N) is 1. The molecule has 1 rings (SSSR count). The number of likely N-dealkylation sites (N-methyl/N-ethyl adjacent to an activating group) is 1.